The van der Waals surface area contributed by atoms with Crippen LogP contribution in [0.1, 0.15) is 25.7 Å². The van der Waals surface area contributed by atoms with Crippen molar-refractivity contribution in [3.63, 3.8) is 0 Å². The Balaban J connectivity index is 1.78. The Bertz CT molecular complexity index is 1190. The summed E-state index contributed by atoms with van der Waals surface area (Å²) in [5.41, 5.74) is 0.0878. The highest BCUT2D eigenvalue weighted by Gasteiger charge is 2.62. The summed E-state index contributed by atoms with van der Waals surface area (Å²) < 4.78 is 71.5. The van der Waals surface area contributed by atoms with E-state index < -0.39 is 59.6 Å². The predicted molar refractivity (Wildman–Crippen MR) is 110 cm³/mol. The minimum atomic E-state index is -5.91. The average molecular weight is 518 g/mol. The molecule has 1 aliphatic rings. The Morgan fingerprint density at radius 1 is 1.00 bits per heavy atom. The molecule has 0 unspecified atom stereocenters. The van der Waals surface area contributed by atoms with Crippen LogP contribution in [0.15, 0.2) is 24.3 Å². The van der Waals surface area contributed by atoms with E-state index in [9.17, 15) is 41.1 Å². The largest absolute Gasteiger partial charge is 0.461 e. The van der Waals surface area contributed by atoms with Crippen molar-refractivity contribution in [1.29, 1.82) is 0 Å². The summed E-state index contributed by atoms with van der Waals surface area (Å²) in [4.78, 5) is 53.3. The molecule has 2 heterocycles. The van der Waals surface area contributed by atoms with E-state index in [2.05, 4.69) is 15.4 Å². The van der Waals surface area contributed by atoms with E-state index in [0.717, 1.165) is 18.8 Å². The molecule has 1 saturated heterocycles. The molecule has 1 N–H and O–H groups in total. The summed E-state index contributed by atoms with van der Waals surface area (Å²) in [7, 11) is 2.23. The van der Waals surface area contributed by atoms with Crippen molar-refractivity contribution in [2.75, 3.05) is 19.4 Å². The first-order valence-electron chi connectivity index (χ1n) is 10.2. The number of benzene rings is 1. The summed E-state index contributed by atoms with van der Waals surface area (Å²) in [6, 6.07) is 2.76. The smallest absolute Gasteiger partial charge is 0.424 e. The number of carbonyl (C=O) groups excluding carboxylic acids is 4. The number of halogens is 5. The fraction of sp³-hybridized carbons (Fsp3) is 0.400. The van der Waals surface area contributed by atoms with Crippen molar-refractivity contribution in [3.05, 3.63) is 30.1 Å². The second kappa shape index (κ2) is 9.16. The summed E-state index contributed by atoms with van der Waals surface area (Å²) in [5, 5.41) is 5.57. The molecule has 1 aromatic heterocycles. The Kier molecular flexibility index (Phi) is 6.74. The van der Waals surface area contributed by atoms with E-state index in [4.69, 9.17) is 4.74 Å². The van der Waals surface area contributed by atoms with E-state index in [-0.39, 0.29) is 11.4 Å². The molecule has 3 rings (SSSR count). The van der Waals surface area contributed by atoms with Crippen LogP contribution < -0.4 is 10.1 Å². The van der Waals surface area contributed by atoms with Gasteiger partial charge in [-0.05, 0) is 38.1 Å². The number of alkyl halides is 5. The van der Waals surface area contributed by atoms with Gasteiger partial charge in [0, 0.05) is 19.8 Å². The third kappa shape index (κ3) is 4.70. The summed E-state index contributed by atoms with van der Waals surface area (Å²) >= 11 is 0. The van der Waals surface area contributed by atoms with Crippen LogP contribution in [0, 0.1) is 5.92 Å². The van der Waals surface area contributed by atoms with E-state index in [1.54, 1.807) is 0 Å². The number of nitrogens with one attached hydrogen (secondary N) is 1. The molecule has 0 spiro atoms. The molecule has 11 nitrogen and oxygen atoms in total. The first kappa shape index (κ1) is 26.5. The number of carbonyl (C=O) groups is 4. The number of aromatic nitrogens is 3. The topological polar surface area (TPSA) is 127 Å². The highest BCUT2D eigenvalue weighted by molar-refractivity contribution is 6.27. The van der Waals surface area contributed by atoms with E-state index >= 15 is 0 Å². The van der Waals surface area contributed by atoms with Crippen molar-refractivity contribution in [2.24, 2.45) is 5.92 Å². The van der Waals surface area contributed by atoms with Gasteiger partial charge in [-0.3, -0.25) is 24.2 Å². The Labute approximate surface area is 199 Å². The lowest BCUT2D eigenvalue weighted by molar-refractivity contribution is -0.292. The summed E-state index contributed by atoms with van der Waals surface area (Å²) in [5.74, 6) is -12.0. The molecule has 2 aromatic rings. The van der Waals surface area contributed by atoms with Crippen LogP contribution in [0.4, 0.5) is 32.4 Å². The highest BCUT2D eigenvalue weighted by Crippen LogP contribution is 2.43. The van der Waals surface area contributed by atoms with Gasteiger partial charge in [0.15, 0.2) is 5.92 Å². The minimum absolute atomic E-state index is 0.0564. The van der Waals surface area contributed by atoms with Gasteiger partial charge >= 0.3 is 24.1 Å². The molecule has 0 bridgehead atoms. The van der Waals surface area contributed by atoms with Crippen molar-refractivity contribution >= 4 is 29.4 Å². The van der Waals surface area contributed by atoms with Crippen LogP contribution in [0.25, 0.3) is 0 Å². The van der Waals surface area contributed by atoms with Gasteiger partial charge in [0.2, 0.25) is 11.7 Å². The Hall–Kier alpha value is -4.11. The molecule has 1 aliphatic heterocycles. The summed E-state index contributed by atoms with van der Waals surface area (Å²) in [6.45, 7) is 2.93. The summed E-state index contributed by atoms with van der Waals surface area (Å²) in [6.07, 6.45) is -5.91. The number of imide groups is 2. The molecule has 194 valence electrons. The molecule has 0 atom stereocenters. The van der Waals surface area contributed by atoms with Gasteiger partial charge in [-0.2, -0.15) is 26.9 Å². The first-order chi connectivity index (χ1) is 16.6. The molecular formula is C20H19F5N6O5. The van der Waals surface area contributed by atoms with Gasteiger partial charge in [-0.1, -0.05) is 0 Å². The Morgan fingerprint density at radius 3 is 2.00 bits per heavy atom. The molecule has 0 radical (unpaired) electrons. The number of nitrogens with zero attached hydrogens (tertiary/aromatic N) is 5. The van der Waals surface area contributed by atoms with Crippen LogP contribution in [-0.2, 0) is 20.3 Å². The van der Waals surface area contributed by atoms with E-state index in [1.807, 2.05) is 0 Å². The molecule has 16 heteroatoms. The van der Waals surface area contributed by atoms with Gasteiger partial charge in [0.05, 0.1) is 6.04 Å². The fourth-order valence-electron chi connectivity index (χ4n) is 3.03. The lowest BCUT2D eigenvalue weighted by Crippen LogP contribution is -2.59. The maximum Gasteiger partial charge on any atom is 0.461 e. The maximum atomic E-state index is 13.7. The van der Waals surface area contributed by atoms with Crippen LogP contribution in [-0.4, -0.2) is 68.6 Å². The van der Waals surface area contributed by atoms with Crippen molar-refractivity contribution in [2.45, 2.75) is 32.0 Å². The molecule has 5 amide bonds. The first-order valence-corrected chi connectivity index (χ1v) is 10.2. The van der Waals surface area contributed by atoms with Gasteiger partial charge in [0.1, 0.15) is 5.75 Å². The van der Waals surface area contributed by atoms with Crippen molar-refractivity contribution in [3.8, 4) is 11.8 Å². The fourth-order valence-corrected chi connectivity index (χ4v) is 3.03. The molecule has 36 heavy (non-hydrogen) atoms. The van der Waals surface area contributed by atoms with Gasteiger partial charge < -0.3 is 10.1 Å². The molecule has 1 fully saturated rings. The zero-order valence-corrected chi connectivity index (χ0v) is 19.1. The number of hydrogen-bond acceptors (Lipinski definition) is 7. The van der Waals surface area contributed by atoms with E-state index in [1.165, 1.54) is 38.1 Å². The van der Waals surface area contributed by atoms with Gasteiger partial charge in [-0.25, -0.2) is 9.48 Å². The molecule has 0 aliphatic carbocycles. The second-order valence-electron chi connectivity index (χ2n) is 7.95. The molecule has 0 saturated carbocycles. The number of anilines is 1. The monoisotopic (exact) mass is 518 g/mol. The standard InChI is InChI=1S/C20H19F5N6O5/c1-9(2)31-17(27-16(28-31)19(21,22)20(23,24)25)36-11-7-5-10(6-8-11)26-13(32)12-14(33)29(3)18(35)30(4)15(12)34/h5-9,12H,1-4H3,(H,26,32). The Morgan fingerprint density at radius 2 is 1.53 bits per heavy atom. The number of rotatable bonds is 6. The van der Waals surface area contributed by atoms with Crippen LogP contribution in [0.2, 0.25) is 0 Å². The van der Waals surface area contributed by atoms with Gasteiger partial charge in [0.25, 0.3) is 11.8 Å². The lowest BCUT2D eigenvalue weighted by Gasteiger charge is -2.32. The number of hydrogen-bond donors (Lipinski definition) is 1. The number of urea groups is 1. The predicted octanol–water partition coefficient (Wildman–Crippen LogP) is 2.91. The zero-order chi connectivity index (χ0) is 27.2. The van der Waals surface area contributed by atoms with Crippen LogP contribution in [0.3, 0.4) is 0 Å². The number of barbiturate groups is 1. The number of amides is 5. The maximum absolute atomic E-state index is 13.7. The third-order valence-electron chi connectivity index (χ3n) is 5.05. The van der Waals surface area contributed by atoms with Crippen LogP contribution in [0.5, 0.6) is 11.8 Å². The average Bonchev–Trinajstić information content (AvgIpc) is 3.22. The van der Waals surface area contributed by atoms with Gasteiger partial charge in [-0.15, -0.1) is 5.10 Å². The molecule has 1 aromatic carbocycles. The highest BCUT2D eigenvalue weighted by atomic mass is 19.4. The lowest BCUT2D eigenvalue weighted by atomic mass is 10.0. The number of ether oxygens (including phenoxy) is 1. The van der Waals surface area contributed by atoms with E-state index in [0.29, 0.717) is 9.80 Å². The second-order valence-corrected chi connectivity index (χ2v) is 7.95. The molecular weight excluding hydrogens is 499 g/mol. The zero-order valence-electron chi connectivity index (χ0n) is 19.1. The quantitative estimate of drug-likeness (QED) is 0.460. The van der Waals surface area contributed by atoms with Crippen LogP contribution >= 0.6 is 0 Å². The third-order valence-corrected chi connectivity index (χ3v) is 5.05. The SMILES string of the molecule is CC(C)n1nc(C(F)(F)C(F)(F)F)nc1Oc1ccc(NC(=O)C2C(=O)N(C)C(=O)N(C)C2=O)cc1. The van der Waals surface area contributed by atoms with Crippen molar-refractivity contribution < 1.29 is 45.9 Å². The van der Waals surface area contributed by atoms with Crippen molar-refractivity contribution in [1.82, 2.24) is 24.6 Å². The minimum Gasteiger partial charge on any atom is -0.424 e. The normalized spacial score (nSPS) is 15.7.